The number of hydrogen-bond acceptors (Lipinski definition) is 5. The number of hydrogen-bond donors (Lipinski definition) is 1. The number of rotatable bonds is 4. The highest BCUT2D eigenvalue weighted by Gasteiger charge is 2.06. The Bertz CT molecular complexity index is 234. The highest BCUT2D eigenvalue weighted by Crippen LogP contribution is 2.06. The van der Waals surface area contributed by atoms with Crippen LogP contribution in [0.5, 0.6) is 0 Å². The van der Waals surface area contributed by atoms with Gasteiger partial charge in [0.25, 0.3) is 5.95 Å². The van der Waals surface area contributed by atoms with Crippen LogP contribution in [0.15, 0.2) is 4.52 Å². The van der Waals surface area contributed by atoms with E-state index in [-0.39, 0.29) is 6.61 Å². The van der Waals surface area contributed by atoms with E-state index in [9.17, 15) is 0 Å². The van der Waals surface area contributed by atoms with Gasteiger partial charge < -0.3 is 14.5 Å². The van der Waals surface area contributed by atoms with Crippen molar-refractivity contribution in [3.8, 4) is 0 Å². The standard InChI is InChI=1S/C7H13N3O2/c1-10(2)7-8-6(12-9-7)4-3-5-11/h11H,3-5H2,1-2H3. The summed E-state index contributed by atoms with van der Waals surface area (Å²) in [5.74, 6) is 1.15. The van der Waals surface area contributed by atoms with Gasteiger partial charge in [0.05, 0.1) is 0 Å². The van der Waals surface area contributed by atoms with Gasteiger partial charge in [-0.15, -0.1) is 0 Å². The molecule has 12 heavy (non-hydrogen) atoms. The Morgan fingerprint density at radius 2 is 2.25 bits per heavy atom. The smallest absolute Gasteiger partial charge is 0.265 e. The Labute approximate surface area is 71.0 Å². The van der Waals surface area contributed by atoms with E-state index in [0.29, 0.717) is 24.7 Å². The summed E-state index contributed by atoms with van der Waals surface area (Å²) in [6.07, 6.45) is 1.30. The zero-order chi connectivity index (χ0) is 8.97. The Kier molecular flexibility index (Phi) is 3.04. The summed E-state index contributed by atoms with van der Waals surface area (Å²) in [5.41, 5.74) is 0. The predicted octanol–water partition coefficient (Wildman–Crippen LogP) is 0.0605. The third kappa shape index (κ3) is 2.20. The zero-order valence-corrected chi connectivity index (χ0v) is 7.32. The molecule has 1 rings (SSSR count). The minimum atomic E-state index is 0.152. The second-order valence-corrected chi connectivity index (χ2v) is 2.71. The fourth-order valence-electron chi connectivity index (χ4n) is 0.759. The lowest BCUT2D eigenvalue weighted by Crippen LogP contribution is -2.10. The van der Waals surface area contributed by atoms with Gasteiger partial charge in [0.15, 0.2) is 0 Å². The quantitative estimate of drug-likeness (QED) is 0.694. The van der Waals surface area contributed by atoms with Crippen LogP contribution >= 0.6 is 0 Å². The summed E-state index contributed by atoms with van der Waals surface area (Å²) in [7, 11) is 3.70. The molecular weight excluding hydrogens is 158 g/mol. The highest BCUT2D eigenvalue weighted by atomic mass is 16.5. The van der Waals surface area contributed by atoms with Gasteiger partial charge in [0.2, 0.25) is 5.89 Å². The van der Waals surface area contributed by atoms with Crippen molar-refractivity contribution < 1.29 is 9.63 Å². The van der Waals surface area contributed by atoms with E-state index in [2.05, 4.69) is 10.1 Å². The van der Waals surface area contributed by atoms with Crippen LogP contribution in [0.3, 0.4) is 0 Å². The second-order valence-electron chi connectivity index (χ2n) is 2.71. The third-order valence-corrected chi connectivity index (χ3v) is 1.41. The maximum atomic E-state index is 8.54. The predicted molar refractivity (Wildman–Crippen MR) is 44.0 cm³/mol. The van der Waals surface area contributed by atoms with E-state index in [1.54, 1.807) is 4.90 Å². The molecule has 0 aliphatic carbocycles. The van der Waals surface area contributed by atoms with E-state index in [1.165, 1.54) is 0 Å². The van der Waals surface area contributed by atoms with Gasteiger partial charge in [-0.05, 0) is 11.6 Å². The normalized spacial score (nSPS) is 10.2. The van der Waals surface area contributed by atoms with Gasteiger partial charge in [0, 0.05) is 27.1 Å². The van der Waals surface area contributed by atoms with Crippen molar-refractivity contribution in [2.45, 2.75) is 12.8 Å². The van der Waals surface area contributed by atoms with E-state index < -0.39 is 0 Å². The Hall–Kier alpha value is -1.10. The average Bonchev–Trinajstić information content (AvgIpc) is 2.48. The molecule has 0 atom stereocenters. The summed E-state index contributed by atoms with van der Waals surface area (Å²) >= 11 is 0. The summed E-state index contributed by atoms with van der Waals surface area (Å²) in [5, 5.41) is 12.3. The summed E-state index contributed by atoms with van der Waals surface area (Å²) < 4.78 is 4.91. The largest absolute Gasteiger partial charge is 0.396 e. The molecule has 0 unspecified atom stereocenters. The molecule has 0 aromatic carbocycles. The van der Waals surface area contributed by atoms with Crippen LogP contribution in [-0.2, 0) is 6.42 Å². The molecule has 0 aliphatic heterocycles. The van der Waals surface area contributed by atoms with Gasteiger partial charge >= 0.3 is 0 Å². The van der Waals surface area contributed by atoms with Gasteiger partial charge in [-0.1, -0.05) is 0 Å². The molecule has 0 saturated carbocycles. The molecule has 0 saturated heterocycles. The Morgan fingerprint density at radius 3 is 2.75 bits per heavy atom. The fourth-order valence-corrected chi connectivity index (χ4v) is 0.759. The number of aryl methyl sites for hydroxylation is 1. The number of anilines is 1. The molecule has 0 spiro atoms. The first kappa shape index (κ1) is 8.99. The summed E-state index contributed by atoms with van der Waals surface area (Å²) in [4.78, 5) is 5.85. The molecule has 0 radical (unpaired) electrons. The number of aliphatic hydroxyl groups excluding tert-OH is 1. The van der Waals surface area contributed by atoms with Gasteiger partial charge in [0.1, 0.15) is 0 Å². The zero-order valence-electron chi connectivity index (χ0n) is 7.32. The first-order valence-electron chi connectivity index (χ1n) is 3.85. The minimum Gasteiger partial charge on any atom is -0.396 e. The molecule has 5 heteroatoms. The number of aliphatic hydroxyl groups is 1. The molecule has 0 fully saturated rings. The Balaban J connectivity index is 2.52. The molecule has 1 N–H and O–H groups in total. The van der Waals surface area contributed by atoms with Crippen molar-refractivity contribution in [1.29, 1.82) is 0 Å². The molecule has 68 valence electrons. The van der Waals surface area contributed by atoms with Gasteiger partial charge in [-0.25, -0.2) is 0 Å². The van der Waals surface area contributed by atoms with Gasteiger partial charge in [-0.2, -0.15) is 4.98 Å². The van der Waals surface area contributed by atoms with Crippen LogP contribution < -0.4 is 4.90 Å². The molecule has 0 amide bonds. The summed E-state index contributed by atoms with van der Waals surface area (Å²) in [6, 6.07) is 0. The molecule has 0 aliphatic rings. The summed E-state index contributed by atoms with van der Waals surface area (Å²) in [6.45, 7) is 0.152. The third-order valence-electron chi connectivity index (χ3n) is 1.41. The lowest BCUT2D eigenvalue weighted by molar-refractivity contribution is 0.278. The fraction of sp³-hybridized carbons (Fsp3) is 0.714. The van der Waals surface area contributed by atoms with E-state index in [4.69, 9.17) is 9.63 Å². The molecule has 1 aromatic rings. The van der Waals surface area contributed by atoms with E-state index >= 15 is 0 Å². The van der Waals surface area contributed by atoms with Crippen LogP contribution in [0.4, 0.5) is 5.95 Å². The van der Waals surface area contributed by atoms with E-state index in [0.717, 1.165) is 0 Å². The molecule has 5 nitrogen and oxygen atoms in total. The SMILES string of the molecule is CN(C)c1noc(CCCO)n1. The maximum absolute atomic E-state index is 8.54. The van der Waals surface area contributed by atoms with Crippen molar-refractivity contribution >= 4 is 5.95 Å². The molecule has 1 heterocycles. The maximum Gasteiger partial charge on any atom is 0.265 e. The van der Waals surface area contributed by atoms with Crippen LogP contribution in [0, 0.1) is 0 Å². The van der Waals surface area contributed by atoms with Crippen LogP contribution in [0.25, 0.3) is 0 Å². The lowest BCUT2D eigenvalue weighted by atomic mass is 10.3. The average molecular weight is 171 g/mol. The van der Waals surface area contributed by atoms with E-state index in [1.807, 2.05) is 14.1 Å². The van der Waals surface area contributed by atoms with Crippen molar-refractivity contribution in [2.75, 3.05) is 25.6 Å². The lowest BCUT2D eigenvalue weighted by Gasteiger charge is -2.02. The first-order chi connectivity index (χ1) is 5.74. The van der Waals surface area contributed by atoms with Gasteiger partial charge in [-0.3, -0.25) is 0 Å². The Morgan fingerprint density at radius 1 is 1.50 bits per heavy atom. The topological polar surface area (TPSA) is 62.4 Å². The number of nitrogens with zero attached hydrogens (tertiary/aromatic N) is 3. The van der Waals surface area contributed by atoms with Crippen molar-refractivity contribution in [2.24, 2.45) is 0 Å². The molecular formula is C7H13N3O2. The van der Waals surface area contributed by atoms with Crippen LogP contribution in [0.2, 0.25) is 0 Å². The monoisotopic (exact) mass is 171 g/mol. The van der Waals surface area contributed by atoms with Crippen molar-refractivity contribution in [3.05, 3.63) is 5.89 Å². The minimum absolute atomic E-state index is 0.152. The van der Waals surface area contributed by atoms with Crippen molar-refractivity contribution in [3.63, 3.8) is 0 Å². The van der Waals surface area contributed by atoms with Crippen molar-refractivity contribution in [1.82, 2.24) is 10.1 Å². The highest BCUT2D eigenvalue weighted by molar-refractivity contribution is 5.23. The molecule has 0 bridgehead atoms. The first-order valence-corrected chi connectivity index (χ1v) is 3.85. The number of aromatic nitrogens is 2. The van der Waals surface area contributed by atoms with Crippen LogP contribution in [0.1, 0.15) is 12.3 Å². The van der Waals surface area contributed by atoms with Crippen LogP contribution in [-0.4, -0.2) is 35.9 Å². The second kappa shape index (κ2) is 4.06. The molecule has 1 aromatic heterocycles.